The van der Waals surface area contributed by atoms with Crippen molar-refractivity contribution in [2.24, 2.45) is 5.10 Å². The Kier molecular flexibility index (Phi) is 4.37. The van der Waals surface area contributed by atoms with Gasteiger partial charge in [-0.05, 0) is 48.0 Å². The van der Waals surface area contributed by atoms with Crippen molar-refractivity contribution in [3.63, 3.8) is 0 Å². The van der Waals surface area contributed by atoms with Gasteiger partial charge < -0.3 is 10.2 Å². The van der Waals surface area contributed by atoms with Crippen LogP contribution in [-0.4, -0.2) is 22.3 Å². The largest absolute Gasteiger partial charge is 0.508 e. The highest BCUT2D eigenvalue weighted by atomic mass is 79.9. The molecule has 2 rings (SSSR count). The summed E-state index contributed by atoms with van der Waals surface area (Å²) in [6.45, 7) is 0. The number of carbonyl (C=O) groups excluding carboxylic acids is 1. The van der Waals surface area contributed by atoms with Gasteiger partial charge in [0.15, 0.2) is 0 Å². The van der Waals surface area contributed by atoms with E-state index in [1.165, 1.54) is 30.5 Å². The summed E-state index contributed by atoms with van der Waals surface area (Å²) in [5.41, 5.74) is 3.17. The summed E-state index contributed by atoms with van der Waals surface area (Å²) in [5.74, 6) is -0.477. The molecule has 0 bridgehead atoms. The Labute approximate surface area is 123 Å². The van der Waals surface area contributed by atoms with Crippen LogP contribution < -0.4 is 5.43 Å². The first-order valence-corrected chi connectivity index (χ1v) is 6.46. The zero-order valence-electron chi connectivity index (χ0n) is 10.2. The number of rotatable bonds is 3. The fraction of sp³-hybridized carbons (Fsp3) is 0. The predicted molar refractivity (Wildman–Crippen MR) is 79.0 cm³/mol. The van der Waals surface area contributed by atoms with Crippen molar-refractivity contribution in [3.8, 4) is 11.5 Å². The first kappa shape index (κ1) is 14.1. The third-order valence-electron chi connectivity index (χ3n) is 2.48. The van der Waals surface area contributed by atoms with Gasteiger partial charge in [0.1, 0.15) is 11.5 Å². The summed E-state index contributed by atoms with van der Waals surface area (Å²) in [5, 5.41) is 22.5. The summed E-state index contributed by atoms with van der Waals surface area (Å²) in [6, 6.07) is 10.9. The predicted octanol–water partition coefficient (Wildman–Crippen LogP) is 2.62. The monoisotopic (exact) mass is 334 g/mol. The molecule has 20 heavy (non-hydrogen) atoms. The van der Waals surface area contributed by atoms with Crippen molar-refractivity contribution in [2.75, 3.05) is 0 Å². The highest BCUT2D eigenvalue weighted by molar-refractivity contribution is 9.10. The smallest absolute Gasteiger partial charge is 0.275 e. The molecule has 0 atom stereocenters. The van der Waals surface area contributed by atoms with Crippen LogP contribution in [0.5, 0.6) is 11.5 Å². The SMILES string of the molecule is O=C(N/N=C/c1ccc(O)cc1)c1cc(Br)ccc1O. The van der Waals surface area contributed by atoms with Gasteiger partial charge in [-0.25, -0.2) is 5.43 Å². The van der Waals surface area contributed by atoms with E-state index in [0.29, 0.717) is 4.47 Å². The van der Waals surface area contributed by atoms with E-state index in [0.717, 1.165) is 5.56 Å². The van der Waals surface area contributed by atoms with Crippen molar-refractivity contribution < 1.29 is 15.0 Å². The van der Waals surface area contributed by atoms with Gasteiger partial charge in [-0.1, -0.05) is 15.9 Å². The fourth-order valence-electron chi connectivity index (χ4n) is 1.48. The molecule has 102 valence electrons. The lowest BCUT2D eigenvalue weighted by Crippen LogP contribution is -2.17. The van der Waals surface area contributed by atoms with Crippen LogP contribution in [0.4, 0.5) is 0 Å². The lowest BCUT2D eigenvalue weighted by Gasteiger charge is -2.03. The van der Waals surface area contributed by atoms with E-state index < -0.39 is 5.91 Å². The number of benzene rings is 2. The first-order valence-electron chi connectivity index (χ1n) is 5.67. The molecule has 0 saturated heterocycles. The minimum absolute atomic E-state index is 0.120. The van der Waals surface area contributed by atoms with Gasteiger partial charge >= 0.3 is 0 Å². The Morgan fingerprint density at radius 1 is 1.15 bits per heavy atom. The lowest BCUT2D eigenvalue weighted by atomic mass is 10.2. The molecule has 1 amide bonds. The minimum Gasteiger partial charge on any atom is -0.508 e. The highest BCUT2D eigenvalue weighted by Gasteiger charge is 2.10. The second-order valence-corrected chi connectivity index (χ2v) is 4.87. The van der Waals surface area contributed by atoms with Crippen LogP contribution in [0.3, 0.4) is 0 Å². The lowest BCUT2D eigenvalue weighted by molar-refractivity contribution is 0.0952. The number of amides is 1. The number of phenolic OH excluding ortho intramolecular Hbond substituents is 2. The Morgan fingerprint density at radius 2 is 1.85 bits per heavy atom. The van der Waals surface area contributed by atoms with E-state index in [4.69, 9.17) is 5.11 Å². The molecule has 0 aromatic heterocycles. The van der Waals surface area contributed by atoms with E-state index in [1.54, 1.807) is 18.2 Å². The molecule has 0 fully saturated rings. The Balaban J connectivity index is 2.05. The maximum absolute atomic E-state index is 11.8. The number of phenols is 2. The standard InChI is InChI=1S/C14H11BrN2O3/c15-10-3-6-13(19)12(7-10)14(20)17-16-8-9-1-4-11(18)5-2-9/h1-8,18-19H,(H,17,20)/b16-8+. The van der Waals surface area contributed by atoms with Gasteiger partial charge in [0.05, 0.1) is 11.8 Å². The summed E-state index contributed by atoms with van der Waals surface area (Å²) < 4.78 is 0.683. The van der Waals surface area contributed by atoms with Crippen LogP contribution in [-0.2, 0) is 0 Å². The number of hydrogen-bond donors (Lipinski definition) is 3. The zero-order chi connectivity index (χ0) is 14.5. The Morgan fingerprint density at radius 3 is 2.55 bits per heavy atom. The summed E-state index contributed by atoms with van der Waals surface area (Å²) >= 11 is 3.22. The molecule has 0 radical (unpaired) electrons. The molecule has 5 nitrogen and oxygen atoms in total. The van der Waals surface area contributed by atoms with Gasteiger partial charge in [-0.3, -0.25) is 4.79 Å². The summed E-state index contributed by atoms with van der Waals surface area (Å²) in [6.07, 6.45) is 1.44. The van der Waals surface area contributed by atoms with Gasteiger partial charge in [-0.15, -0.1) is 0 Å². The number of aromatic hydroxyl groups is 2. The first-order chi connectivity index (χ1) is 9.56. The van der Waals surface area contributed by atoms with Crippen LogP contribution in [0.2, 0.25) is 0 Å². The molecule has 6 heteroatoms. The van der Waals surface area contributed by atoms with Crippen molar-refractivity contribution in [2.45, 2.75) is 0 Å². The summed E-state index contributed by atoms with van der Waals surface area (Å²) in [4.78, 5) is 11.8. The highest BCUT2D eigenvalue weighted by Crippen LogP contribution is 2.21. The molecule has 2 aromatic rings. The van der Waals surface area contributed by atoms with Crippen LogP contribution in [0.15, 0.2) is 52.0 Å². The van der Waals surface area contributed by atoms with Gasteiger partial charge in [0, 0.05) is 4.47 Å². The minimum atomic E-state index is -0.515. The van der Waals surface area contributed by atoms with E-state index in [9.17, 15) is 9.90 Å². The molecule has 3 N–H and O–H groups in total. The molecule has 0 aliphatic rings. The van der Waals surface area contributed by atoms with Crippen LogP contribution in [0, 0.1) is 0 Å². The number of halogens is 1. The topological polar surface area (TPSA) is 81.9 Å². The Hall–Kier alpha value is -2.34. The van der Waals surface area contributed by atoms with Crippen LogP contribution in [0.25, 0.3) is 0 Å². The van der Waals surface area contributed by atoms with E-state index >= 15 is 0 Å². The zero-order valence-corrected chi connectivity index (χ0v) is 11.8. The molecule has 0 aliphatic heterocycles. The second-order valence-electron chi connectivity index (χ2n) is 3.95. The van der Waals surface area contributed by atoms with Crippen LogP contribution >= 0.6 is 15.9 Å². The third-order valence-corrected chi connectivity index (χ3v) is 2.97. The van der Waals surface area contributed by atoms with Gasteiger partial charge in [0.2, 0.25) is 0 Å². The van der Waals surface area contributed by atoms with Gasteiger partial charge in [-0.2, -0.15) is 5.10 Å². The number of nitrogens with zero attached hydrogens (tertiary/aromatic N) is 1. The quantitative estimate of drug-likeness (QED) is 0.596. The number of carbonyl (C=O) groups is 1. The van der Waals surface area contributed by atoms with Crippen molar-refractivity contribution in [1.82, 2.24) is 5.43 Å². The van der Waals surface area contributed by atoms with Crippen molar-refractivity contribution in [1.29, 1.82) is 0 Å². The molecule has 0 aliphatic carbocycles. The third kappa shape index (κ3) is 3.58. The average molecular weight is 335 g/mol. The van der Waals surface area contributed by atoms with Crippen molar-refractivity contribution >= 4 is 28.1 Å². The number of hydrogen-bond acceptors (Lipinski definition) is 4. The second kappa shape index (κ2) is 6.21. The maximum Gasteiger partial charge on any atom is 0.275 e. The van der Waals surface area contributed by atoms with Crippen LogP contribution in [0.1, 0.15) is 15.9 Å². The normalized spacial score (nSPS) is 10.7. The van der Waals surface area contributed by atoms with E-state index in [1.807, 2.05) is 0 Å². The molecule has 0 spiro atoms. The summed E-state index contributed by atoms with van der Waals surface area (Å²) in [7, 11) is 0. The van der Waals surface area contributed by atoms with E-state index in [-0.39, 0.29) is 17.1 Å². The molecular formula is C14H11BrN2O3. The maximum atomic E-state index is 11.8. The average Bonchev–Trinajstić information content (AvgIpc) is 2.43. The van der Waals surface area contributed by atoms with E-state index in [2.05, 4.69) is 26.5 Å². The Bertz CT molecular complexity index is 654. The molecular weight excluding hydrogens is 324 g/mol. The number of nitrogens with one attached hydrogen (secondary N) is 1. The fourth-order valence-corrected chi connectivity index (χ4v) is 1.84. The molecule has 0 heterocycles. The number of hydrazone groups is 1. The molecule has 0 unspecified atom stereocenters. The van der Waals surface area contributed by atoms with Gasteiger partial charge in [0.25, 0.3) is 5.91 Å². The van der Waals surface area contributed by atoms with Crippen molar-refractivity contribution in [3.05, 3.63) is 58.1 Å². The molecule has 0 saturated carbocycles. The molecule has 2 aromatic carbocycles.